The Morgan fingerprint density at radius 3 is 2.53 bits per heavy atom. The van der Waals surface area contributed by atoms with Crippen molar-refractivity contribution in [3.63, 3.8) is 0 Å². The summed E-state index contributed by atoms with van der Waals surface area (Å²) in [5.74, 6) is 0.00415. The summed E-state index contributed by atoms with van der Waals surface area (Å²) in [7, 11) is 0. The maximum Gasteiger partial charge on any atom is 0.422 e. The van der Waals surface area contributed by atoms with Crippen LogP contribution in [0.25, 0.3) is 11.1 Å². The fourth-order valence-corrected chi connectivity index (χ4v) is 3.61. The van der Waals surface area contributed by atoms with Crippen LogP contribution in [-0.2, 0) is 16.6 Å². The summed E-state index contributed by atoms with van der Waals surface area (Å²) in [6.07, 6.45) is 0.799. The first kappa shape index (κ1) is 19.9. The van der Waals surface area contributed by atoms with Crippen LogP contribution in [0.3, 0.4) is 0 Å². The molecule has 154 valence electrons. The van der Waals surface area contributed by atoms with Crippen LogP contribution in [0.1, 0.15) is 18.1 Å². The number of carbonyl (C=O) groups is 1. The Labute approximate surface area is 170 Å². The van der Waals surface area contributed by atoms with Gasteiger partial charge in [-0.25, -0.2) is 9.97 Å². The van der Waals surface area contributed by atoms with Gasteiger partial charge in [-0.2, -0.15) is 13.2 Å². The van der Waals surface area contributed by atoms with Crippen molar-refractivity contribution < 1.29 is 22.7 Å². The van der Waals surface area contributed by atoms with Gasteiger partial charge < -0.3 is 10.1 Å². The topological polar surface area (TPSA) is 64.1 Å². The number of hydrogen-bond donors (Lipinski definition) is 1. The number of rotatable bonds is 5. The molecule has 0 aliphatic carbocycles. The van der Waals surface area contributed by atoms with Crippen LogP contribution in [0.2, 0.25) is 0 Å². The lowest BCUT2D eigenvalue weighted by molar-refractivity contribution is -0.153. The molecule has 1 aliphatic rings. The van der Waals surface area contributed by atoms with Gasteiger partial charge in [-0.1, -0.05) is 18.2 Å². The molecular weight excluding hydrogens is 395 g/mol. The summed E-state index contributed by atoms with van der Waals surface area (Å²) >= 11 is 0. The van der Waals surface area contributed by atoms with E-state index in [2.05, 4.69) is 15.3 Å². The summed E-state index contributed by atoms with van der Waals surface area (Å²) in [5, 5.41) is 2.91. The van der Waals surface area contributed by atoms with Crippen LogP contribution in [-0.4, -0.2) is 28.7 Å². The maximum atomic E-state index is 12.8. The third kappa shape index (κ3) is 3.98. The molecule has 0 radical (unpaired) electrons. The number of nitrogens with zero attached hydrogens (tertiary/aromatic N) is 2. The van der Waals surface area contributed by atoms with E-state index in [0.29, 0.717) is 17.7 Å². The van der Waals surface area contributed by atoms with Crippen molar-refractivity contribution in [1.82, 2.24) is 9.97 Å². The van der Waals surface area contributed by atoms with Crippen molar-refractivity contribution in [3.8, 4) is 16.9 Å². The number of carbonyl (C=O) groups excluding carboxylic acids is 1. The van der Waals surface area contributed by atoms with Crippen LogP contribution in [0.5, 0.6) is 5.75 Å². The number of anilines is 1. The Morgan fingerprint density at radius 2 is 1.80 bits per heavy atom. The molecule has 0 saturated carbocycles. The molecule has 1 N–H and O–H groups in total. The van der Waals surface area contributed by atoms with E-state index in [4.69, 9.17) is 4.74 Å². The first-order chi connectivity index (χ1) is 14.2. The van der Waals surface area contributed by atoms with Gasteiger partial charge in [-0.3, -0.25) is 4.79 Å². The van der Waals surface area contributed by atoms with Gasteiger partial charge >= 0.3 is 6.18 Å². The molecule has 8 heteroatoms. The zero-order valence-corrected chi connectivity index (χ0v) is 16.0. The number of ether oxygens (including phenoxy) is 1. The van der Waals surface area contributed by atoms with Crippen molar-refractivity contribution in [3.05, 3.63) is 72.3 Å². The Hall–Kier alpha value is -3.42. The average molecular weight is 413 g/mol. The van der Waals surface area contributed by atoms with E-state index < -0.39 is 18.2 Å². The second-order valence-electron chi connectivity index (χ2n) is 7.40. The number of benzene rings is 2. The van der Waals surface area contributed by atoms with Crippen molar-refractivity contribution in [2.75, 3.05) is 11.9 Å². The number of amides is 1. The SMILES string of the molecule is CC1(Cc2cncnc2)C(=O)Nc2ccc(-c3cccc(OCC(F)(F)F)c3)cc21. The monoisotopic (exact) mass is 413 g/mol. The van der Waals surface area contributed by atoms with E-state index >= 15 is 0 Å². The summed E-state index contributed by atoms with van der Waals surface area (Å²) in [5.41, 5.74) is 3.01. The molecular formula is C22H18F3N3O2. The quantitative estimate of drug-likeness (QED) is 0.667. The van der Waals surface area contributed by atoms with E-state index in [1.165, 1.54) is 12.4 Å². The molecule has 5 nitrogen and oxygen atoms in total. The molecule has 30 heavy (non-hydrogen) atoms. The van der Waals surface area contributed by atoms with Crippen molar-refractivity contribution >= 4 is 11.6 Å². The Morgan fingerprint density at radius 1 is 1.07 bits per heavy atom. The zero-order valence-electron chi connectivity index (χ0n) is 16.0. The fraction of sp³-hybridized carbons (Fsp3) is 0.227. The largest absolute Gasteiger partial charge is 0.484 e. The molecule has 0 bridgehead atoms. The van der Waals surface area contributed by atoms with Crippen LogP contribution in [0, 0.1) is 0 Å². The first-order valence-electron chi connectivity index (χ1n) is 9.24. The number of halogens is 3. The standard InChI is InChI=1S/C22H18F3N3O2/c1-21(9-14-10-26-13-27-11-14)18-8-16(5-6-19(18)28-20(21)29)15-3-2-4-17(7-15)30-12-22(23,24)25/h2-8,10-11,13H,9,12H2,1H3,(H,28,29). The van der Waals surface area contributed by atoms with Gasteiger partial charge in [0.25, 0.3) is 0 Å². The van der Waals surface area contributed by atoms with Crippen molar-refractivity contribution in [2.45, 2.75) is 24.9 Å². The smallest absolute Gasteiger partial charge is 0.422 e. The van der Waals surface area contributed by atoms with Crippen LogP contribution >= 0.6 is 0 Å². The highest BCUT2D eigenvalue weighted by Crippen LogP contribution is 2.42. The second kappa shape index (κ2) is 7.44. The van der Waals surface area contributed by atoms with Crippen LogP contribution in [0.15, 0.2) is 61.2 Å². The van der Waals surface area contributed by atoms with Crippen molar-refractivity contribution in [1.29, 1.82) is 0 Å². The molecule has 2 aromatic carbocycles. The van der Waals surface area contributed by atoms with E-state index in [1.807, 2.05) is 19.1 Å². The average Bonchev–Trinajstić information content (AvgIpc) is 2.96. The second-order valence-corrected chi connectivity index (χ2v) is 7.40. The number of aromatic nitrogens is 2. The maximum absolute atomic E-state index is 12.8. The van der Waals surface area contributed by atoms with E-state index in [-0.39, 0.29) is 11.7 Å². The van der Waals surface area contributed by atoms with Crippen LogP contribution < -0.4 is 10.1 Å². The summed E-state index contributed by atoms with van der Waals surface area (Å²) < 4.78 is 42.2. The highest BCUT2D eigenvalue weighted by Gasteiger charge is 2.43. The lowest BCUT2D eigenvalue weighted by Gasteiger charge is -2.22. The first-order valence-corrected chi connectivity index (χ1v) is 9.24. The summed E-state index contributed by atoms with van der Waals surface area (Å²) in [6, 6.07) is 12.0. The zero-order chi connectivity index (χ0) is 21.4. The summed E-state index contributed by atoms with van der Waals surface area (Å²) in [4.78, 5) is 20.8. The molecule has 0 saturated heterocycles. The van der Waals surface area contributed by atoms with Crippen LogP contribution in [0.4, 0.5) is 18.9 Å². The van der Waals surface area contributed by atoms with Crippen molar-refractivity contribution in [2.24, 2.45) is 0 Å². The molecule has 4 rings (SSSR count). The summed E-state index contributed by atoms with van der Waals surface area (Å²) in [6.45, 7) is 0.504. The highest BCUT2D eigenvalue weighted by atomic mass is 19.4. The molecule has 0 spiro atoms. The molecule has 1 atom stereocenters. The Kier molecular flexibility index (Phi) is 4.93. The predicted molar refractivity (Wildman–Crippen MR) is 105 cm³/mol. The molecule has 3 aromatic rings. The molecule has 1 aromatic heterocycles. The molecule has 0 fully saturated rings. The third-order valence-corrected chi connectivity index (χ3v) is 5.10. The molecule has 1 amide bonds. The number of fused-ring (bicyclic) bond motifs is 1. The number of alkyl halides is 3. The van der Waals surface area contributed by atoms with Gasteiger partial charge in [-0.15, -0.1) is 0 Å². The number of hydrogen-bond acceptors (Lipinski definition) is 4. The molecule has 1 aliphatic heterocycles. The van der Waals surface area contributed by atoms with E-state index in [1.54, 1.807) is 36.7 Å². The van der Waals surface area contributed by atoms with E-state index in [0.717, 1.165) is 16.7 Å². The minimum absolute atomic E-state index is 0.124. The van der Waals surface area contributed by atoms with Gasteiger partial charge in [0.1, 0.15) is 12.1 Å². The van der Waals surface area contributed by atoms with Gasteiger partial charge in [0.05, 0.1) is 5.41 Å². The molecule has 2 heterocycles. The Bertz CT molecular complexity index is 1090. The normalized spacial score (nSPS) is 18.1. The van der Waals surface area contributed by atoms with Gasteiger partial charge in [0.2, 0.25) is 5.91 Å². The fourth-order valence-electron chi connectivity index (χ4n) is 3.61. The lowest BCUT2D eigenvalue weighted by Crippen LogP contribution is -2.33. The van der Waals surface area contributed by atoms with E-state index in [9.17, 15) is 18.0 Å². The lowest BCUT2D eigenvalue weighted by atomic mass is 9.78. The third-order valence-electron chi connectivity index (χ3n) is 5.10. The molecule has 1 unspecified atom stereocenters. The minimum atomic E-state index is -4.40. The number of nitrogens with one attached hydrogen (secondary N) is 1. The van der Waals surface area contributed by atoms with Gasteiger partial charge in [0.15, 0.2) is 6.61 Å². The van der Waals surface area contributed by atoms with Gasteiger partial charge in [0, 0.05) is 18.1 Å². The van der Waals surface area contributed by atoms with Gasteiger partial charge in [-0.05, 0) is 59.9 Å². The highest BCUT2D eigenvalue weighted by molar-refractivity contribution is 6.06. The predicted octanol–water partition coefficient (Wildman–Crippen LogP) is 4.54. The Balaban J connectivity index is 1.66. The minimum Gasteiger partial charge on any atom is -0.484 e.